The summed E-state index contributed by atoms with van der Waals surface area (Å²) in [4.78, 5) is 21.0. The Bertz CT molecular complexity index is 485. The van der Waals surface area contributed by atoms with E-state index in [0.717, 1.165) is 6.08 Å². The van der Waals surface area contributed by atoms with Crippen LogP contribution in [0.3, 0.4) is 0 Å². The summed E-state index contributed by atoms with van der Waals surface area (Å²) in [6.07, 6.45) is 3.89. The molecule has 4 nitrogen and oxygen atoms in total. The predicted octanol–water partition coefficient (Wildman–Crippen LogP) is 3.85. The lowest BCUT2D eigenvalue weighted by Crippen LogP contribution is -2.13. The standard InChI is InChI=1S/C9H14O4.C8H8/c1-3-6(4-2)7(9(12)13)5-8(10)11;1-2-8-6-4-3-5-7-8/h5-6H,3-4H2,1-2H3,(H,10,11)(H,12,13);2-7H,1H2/b7-5+;. The second-order valence-corrected chi connectivity index (χ2v) is 4.37. The molecule has 0 heterocycles. The minimum Gasteiger partial charge on any atom is -0.478 e. The van der Waals surface area contributed by atoms with E-state index >= 15 is 0 Å². The van der Waals surface area contributed by atoms with E-state index in [9.17, 15) is 9.59 Å². The fourth-order valence-electron chi connectivity index (χ4n) is 1.80. The fraction of sp³-hybridized carbons (Fsp3) is 0.294. The van der Waals surface area contributed by atoms with Gasteiger partial charge in [0.1, 0.15) is 0 Å². The second-order valence-electron chi connectivity index (χ2n) is 4.37. The van der Waals surface area contributed by atoms with Crippen LogP contribution in [0.25, 0.3) is 6.08 Å². The van der Waals surface area contributed by atoms with Gasteiger partial charge < -0.3 is 10.2 Å². The van der Waals surface area contributed by atoms with Gasteiger partial charge in [-0.1, -0.05) is 56.8 Å². The van der Waals surface area contributed by atoms with E-state index in [0.29, 0.717) is 12.8 Å². The van der Waals surface area contributed by atoms with Crippen LogP contribution in [0.2, 0.25) is 0 Å². The molecule has 2 N–H and O–H groups in total. The van der Waals surface area contributed by atoms with Crippen LogP contribution in [-0.2, 0) is 9.59 Å². The highest BCUT2D eigenvalue weighted by Crippen LogP contribution is 2.18. The quantitative estimate of drug-likeness (QED) is 0.780. The van der Waals surface area contributed by atoms with Gasteiger partial charge in [0.05, 0.1) is 0 Å². The molecule has 1 aromatic carbocycles. The van der Waals surface area contributed by atoms with Crippen LogP contribution in [0.4, 0.5) is 0 Å². The Hall–Kier alpha value is -2.36. The van der Waals surface area contributed by atoms with Gasteiger partial charge in [-0.2, -0.15) is 0 Å². The Morgan fingerprint density at radius 1 is 1.14 bits per heavy atom. The molecule has 0 fully saturated rings. The molecule has 0 amide bonds. The molecule has 1 aromatic rings. The molecule has 0 radical (unpaired) electrons. The van der Waals surface area contributed by atoms with Gasteiger partial charge in [0.2, 0.25) is 0 Å². The average molecular weight is 290 g/mol. The van der Waals surface area contributed by atoms with Crippen molar-refractivity contribution in [2.45, 2.75) is 26.7 Å². The van der Waals surface area contributed by atoms with Gasteiger partial charge in [-0.3, -0.25) is 0 Å². The number of carbonyl (C=O) groups is 2. The van der Waals surface area contributed by atoms with Crippen LogP contribution < -0.4 is 0 Å². The maximum absolute atomic E-state index is 10.7. The third kappa shape index (κ3) is 7.72. The molecule has 0 saturated carbocycles. The van der Waals surface area contributed by atoms with Gasteiger partial charge in [0.15, 0.2) is 0 Å². The molecule has 21 heavy (non-hydrogen) atoms. The molecule has 0 unspecified atom stereocenters. The number of carboxylic acids is 2. The van der Waals surface area contributed by atoms with Crippen molar-refractivity contribution in [1.29, 1.82) is 0 Å². The van der Waals surface area contributed by atoms with Crippen molar-refractivity contribution < 1.29 is 19.8 Å². The average Bonchev–Trinajstić information content (AvgIpc) is 2.48. The molecule has 114 valence electrons. The Labute approximate surface area is 125 Å². The van der Waals surface area contributed by atoms with Crippen LogP contribution in [-0.4, -0.2) is 22.2 Å². The number of rotatable bonds is 6. The van der Waals surface area contributed by atoms with Gasteiger partial charge >= 0.3 is 11.9 Å². The van der Waals surface area contributed by atoms with Crippen molar-refractivity contribution in [2.24, 2.45) is 5.92 Å². The lowest BCUT2D eigenvalue weighted by atomic mass is 9.93. The van der Waals surface area contributed by atoms with Crippen molar-refractivity contribution in [3.05, 3.63) is 54.1 Å². The van der Waals surface area contributed by atoms with Crippen LogP contribution in [0.1, 0.15) is 32.3 Å². The molecule has 0 aromatic heterocycles. The van der Waals surface area contributed by atoms with E-state index in [2.05, 4.69) is 6.58 Å². The predicted molar refractivity (Wildman–Crippen MR) is 84.0 cm³/mol. The first-order chi connectivity index (χ1) is 9.96. The number of carboxylic acid groups (broad SMARTS) is 2. The second kappa shape index (κ2) is 10.4. The molecule has 1 rings (SSSR count). The highest BCUT2D eigenvalue weighted by atomic mass is 16.4. The molecular formula is C17H22O4. The largest absolute Gasteiger partial charge is 0.478 e. The Balaban J connectivity index is 0.000000423. The van der Waals surface area contributed by atoms with Crippen LogP contribution in [0.15, 0.2) is 48.6 Å². The first-order valence-corrected chi connectivity index (χ1v) is 6.81. The molecule has 0 aliphatic rings. The minimum atomic E-state index is -1.20. The Morgan fingerprint density at radius 2 is 1.67 bits per heavy atom. The Kier molecular flexibility index (Phi) is 9.26. The summed E-state index contributed by atoms with van der Waals surface area (Å²) >= 11 is 0. The van der Waals surface area contributed by atoms with E-state index in [1.165, 1.54) is 5.56 Å². The van der Waals surface area contributed by atoms with E-state index in [1.54, 1.807) is 0 Å². The number of hydrogen-bond acceptors (Lipinski definition) is 2. The summed E-state index contributed by atoms with van der Waals surface area (Å²) in [6.45, 7) is 7.31. The number of benzene rings is 1. The maximum atomic E-state index is 10.7. The highest BCUT2D eigenvalue weighted by molar-refractivity contribution is 5.95. The molecule has 0 atom stereocenters. The fourth-order valence-corrected chi connectivity index (χ4v) is 1.80. The molecule has 0 spiro atoms. The van der Waals surface area contributed by atoms with Crippen LogP contribution in [0, 0.1) is 5.92 Å². The molecule has 0 saturated heterocycles. The van der Waals surface area contributed by atoms with E-state index in [-0.39, 0.29) is 11.5 Å². The molecular weight excluding hydrogens is 268 g/mol. The summed E-state index contributed by atoms with van der Waals surface area (Å²) in [5.41, 5.74) is 1.16. The normalized spacial score (nSPS) is 10.5. The van der Waals surface area contributed by atoms with Gasteiger partial charge in [-0.25, -0.2) is 9.59 Å². The van der Waals surface area contributed by atoms with Crippen LogP contribution >= 0.6 is 0 Å². The lowest BCUT2D eigenvalue weighted by Gasteiger charge is -2.11. The first-order valence-electron chi connectivity index (χ1n) is 6.81. The summed E-state index contributed by atoms with van der Waals surface area (Å²) in [5.74, 6) is -2.52. The third-order valence-corrected chi connectivity index (χ3v) is 2.99. The SMILES string of the molecule is C=Cc1ccccc1.CCC(CC)/C(=C\C(=O)O)C(=O)O. The summed E-state index contributed by atoms with van der Waals surface area (Å²) in [6, 6.07) is 10.0. The van der Waals surface area contributed by atoms with Crippen LogP contribution in [0.5, 0.6) is 0 Å². The third-order valence-electron chi connectivity index (χ3n) is 2.99. The molecule has 0 bridgehead atoms. The smallest absolute Gasteiger partial charge is 0.332 e. The van der Waals surface area contributed by atoms with Crippen molar-refractivity contribution in [2.75, 3.05) is 0 Å². The lowest BCUT2D eigenvalue weighted by molar-refractivity contribution is -0.135. The van der Waals surface area contributed by atoms with Gasteiger partial charge in [0.25, 0.3) is 0 Å². The first kappa shape index (κ1) is 18.6. The summed E-state index contributed by atoms with van der Waals surface area (Å²) in [7, 11) is 0. The zero-order valence-corrected chi connectivity index (χ0v) is 12.5. The highest BCUT2D eigenvalue weighted by Gasteiger charge is 2.18. The van der Waals surface area contributed by atoms with Gasteiger partial charge in [-0.15, -0.1) is 0 Å². The van der Waals surface area contributed by atoms with Gasteiger partial charge in [-0.05, 0) is 24.3 Å². The summed E-state index contributed by atoms with van der Waals surface area (Å²) in [5, 5.41) is 17.2. The number of hydrogen-bond donors (Lipinski definition) is 2. The Morgan fingerprint density at radius 3 is 1.95 bits per heavy atom. The molecule has 4 heteroatoms. The zero-order valence-electron chi connectivity index (χ0n) is 12.5. The van der Waals surface area contributed by atoms with E-state index in [4.69, 9.17) is 10.2 Å². The van der Waals surface area contributed by atoms with Crippen molar-refractivity contribution in [3.63, 3.8) is 0 Å². The molecule has 0 aliphatic carbocycles. The van der Waals surface area contributed by atoms with Crippen molar-refractivity contribution in [1.82, 2.24) is 0 Å². The topological polar surface area (TPSA) is 74.6 Å². The number of aliphatic carboxylic acids is 2. The monoisotopic (exact) mass is 290 g/mol. The molecule has 0 aliphatic heterocycles. The summed E-state index contributed by atoms with van der Waals surface area (Å²) < 4.78 is 0. The minimum absolute atomic E-state index is 0.0162. The van der Waals surface area contributed by atoms with Gasteiger partial charge in [0, 0.05) is 11.6 Å². The van der Waals surface area contributed by atoms with E-state index < -0.39 is 11.9 Å². The van der Waals surface area contributed by atoms with Crippen molar-refractivity contribution in [3.8, 4) is 0 Å². The van der Waals surface area contributed by atoms with E-state index in [1.807, 2.05) is 50.3 Å². The maximum Gasteiger partial charge on any atom is 0.332 e. The van der Waals surface area contributed by atoms with Crippen molar-refractivity contribution >= 4 is 18.0 Å². The zero-order chi connectivity index (χ0) is 16.3.